The molecule has 1 saturated heterocycles. The highest BCUT2D eigenvalue weighted by Crippen LogP contribution is 2.27. The van der Waals surface area contributed by atoms with Crippen LogP contribution in [-0.2, 0) is 11.3 Å². The van der Waals surface area contributed by atoms with Crippen LogP contribution < -0.4 is 10.6 Å². The summed E-state index contributed by atoms with van der Waals surface area (Å²) in [6, 6.07) is 16.9. The molecule has 2 N–H and O–H groups in total. The van der Waals surface area contributed by atoms with Crippen LogP contribution in [0.2, 0.25) is 0 Å². The molecule has 2 aromatic carbocycles. The highest BCUT2D eigenvalue weighted by Gasteiger charge is 2.11. The summed E-state index contributed by atoms with van der Waals surface area (Å²) in [4.78, 5) is 6.87. The molecule has 0 aliphatic carbocycles. The fraction of sp³-hybridized carbons (Fsp3) is 0.308. The molecule has 2 aromatic heterocycles. The molecular weight excluding hydrogens is 428 g/mol. The minimum atomic E-state index is 0.478. The van der Waals surface area contributed by atoms with Gasteiger partial charge in [0, 0.05) is 56.4 Å². The monoisotopic (exact) mass is 458 g/mol. The molecule has 1 fully saturated rings. The van der Waals surface area contributed by atoms with E-state index < -0.39 is 0 Å². The number of anilines is 2. The van der Waals surface area contributed by atoms with Gasteiger partial charge >= 0.3 is 0 Å². The average Bonchev–Trinajstić information content (AvgIpc) is 3.57. The van der Waals surface area contributed by atoms with Gasteiger partial charge in [0.05, 0.1) is 25.1 Å². The lowest BCUT2D eigenvalue weighted by Crippen LogP contribution is -2.40. The normalized spacial score (nSPS) is 14.4. The van der Waals surface area contributed by atoms with Crippen molar-refractivity contribution in [2.75, 3.05) is 44.7 Å². The lowest BCUT2D eigenvalue weighted by molar-refractivity contribution is 0.0384. The first-order valence-corrected chi connectivity index (χ1v) is 11.7. The zero-order valence-electron chi connectivity index (χ0n) is 19.4. The van der Waals surface area contributed by atoms with Crippen LogP contribution in [0, 0.1) is 6.92 Å². The Hall–Kier alpha value is -3.46. The van der Waals surface area contributed by atoms with Crippen molar-refractivity contribution < 1.29 is 9.15 Å². The number of ether oxygens (including phenoxy) is 1. The molecule has 1 aliphatic heterocycles. The van der Waals surface area contributed by atoms with Gasteiger partial charge in [-0.05, 0) is 54.4 Å². The number of aryl methyl sites for hydroxylation is 1. The van der Waals surface area contributed by atoms with Crippen LogP contribution in [0.4, 0.5) is 11.7 Å². The van der Waals surface area contributed by atoms with E-state index in [1.54, 1.807) is 12.4 Å². The number of hydrogen-bond donors (Lipinski definition) is 2. The molecule has 5 rings (SSSR count). The highest BCUT2D eigenvalue weighted by molar-refractivity contribution is 5.63. The second-order valence-corrected chi connectivity index (χ2v) is 8.43. The van der Waals surface area contributed by atoms with Gasteiger partial charge in [0.1, 0.15) is 0 Å². The Morgan fingerprint density at radius 2 is 1.91 bits per heavy atom. The van der Waals surface area contributed by atoms with E-state index in [1.807, 2.05) is 41.2 Å². The van der Waals surface area contributed by atoms with Crippen LogP contribution in [-0.4, -0.2) is 59.1 Å². The molecule has 0 bridgehead atoms. The SMILES string of the molecule is Cc1ccc(CNCCN2CCOCC2)cc1Nc1ncc(-c2ccc(-n3cccn3)cc2)o1. The predicted octanol–water partition coefficient (Wildman–Crippen LogP) is 4.00. The molecule has 0 amide bonds. The summed E-state index contributed by atoms with van der Waals surface area (Å²) in [6.07, 6.45) is 5.43. The van der Waals surface area contributed by atoms with Crippen molar-refractivity contribution in [2.45, 2.75) is 13.5 Å². The topological polar surface area (TPSA) is 80.4 Å². The predicted molar refractivity (Wildman–Crippen MR) is 132 cm³/mol. The minimum absolute atomic E-state index is 0.478. The molecule has 8 heteroatoms. The van der Waals surface area contributed by atoms with E-state index in [-0.39, 0.29) is 0 Å². The summed E-state index contributed by atoms with van der Waals surface area (Å²) < 4.78 is 13.2. The van der Waals surface area contributed by atoms with E-state index in [1.165, 1.54) is 5.56 Å². The average molecular weight is 459 g/mol. The summed E-state index contributed by atoms with van der Waals surface area (Å²) >= 11 is 0. The van der Waals surface area contributed by atoms with Crippen molar-refractivity contribution in [1.82, 2.24) is 25.0 Å². The molecule has 0 spiro atoms. The van der Waals surface area contributed by atoms with Crippen molar-refractivity contribution >= 4 is 11.7 Å². The van der Waals surface area contributed by atoms with Gasteiger partial charge < -0.3 is 19.8 Å². The van der Waals surface area contributed by atoms with Crippen LogP contribution in [0.15, 0.2) is 71.5 Å². The number of nitrogens with zero attached hydrogens (tertiary/aromatic N) is 4. The standard InChI is InChI=1S/C26H30N6O2/c1-20-3-4-21(18-27-10-12-31-13-15-33-16-14-31)17-24(20)30-26-28-19-25(34-26)22-5-7-23(8-6-22)32-11-2-9-29-32/h2-9,11,17,19,27H,10,12-16,18H2,1H3,(H,28,30). The van der Waals surface area contributed by atoms with Gasteiger partial charge in [0.25, 0.3) is 6.01 Å². The molecule has 1 aliphatic rings. The van der Waals surface area contributed by atoms with Gasteiger partial charge in [-0.25, -0.2) is 9.67 Å². The Labute approximate surface area is 199 Å². The number of benzene rings is 2. The first-order chi connectivity index (χ1) is 16.7. The third-order valence-corrected chi connectivity index (χ3v) is 6.01. The van der Waals surface area contributed by atoms with Gasteiger partial charge in [-0.1, -0.05) is 12.1 Å². The van der Waals surface area contributed by atoms with Gasteiger partial charge in [-0.3, -0.25) is 4.90 Å². The van der Waals surface area contributed by atoms with Crippen molar-refractivity contribution in [3.8, 4) is 17.0 Å². The maximum atomic E-state index is 5.99. The smallest absolute Gasteiger partial charge is 0.299 e. The highest BCUT2D eigenvalue weighted by atomic mass is 16.5. The summed E-state index contributed by atoms with van der Waals surface area (Å²) in [5.74, 6) is 0.716. The van der Waals surface area contributed by atoms with Gasteiger partial charge in [-0.15, -0.1) is 0 Å². The molecular formula is C26H30N6O2. The Kier molecular flexibility index (Phi) is 6.99. The number of morpholine rings is 1. The maximum Gasteiger partial charge on any atom is 0.299 e. The third-order valence-electron chi connectivity index (χ3n) is 6.01. The summed E-state index contributed by atoms with van der Waals surface area (Å²) in [5.41, 5.74) is 5.32. The second kappa shape index (κ2) is 10.6. The van der Waals surface area contributed by atoms with E-state index >= 15 is 0 Å². The van der Waals surface area contributed by atoms with E-state index in [4.69, 9.17) is 9.15 Å². The molecule has 176 valence electrons. The fourth-order valence-electron chi connectivity index (χ4n) is 3.99. The Morgan fingerprint density at radius 1 is 1.06 bits per heavy atom. The Morgan fingerprint density at radius 3 is 2.71 bits per heavy atom. The maximum absolute atomic E-state index is 5.99. The third kappa shape index (κ3) is 5.53. The molecule has 34 heavy (non-hydrogen) atoms. The fourth-order valence-corrected chi connectivity index (χ4v) is 3.99. The molecule has 0 unspecified atom stereocenters. The van der Waals surface area contributed by atoms with E-state index in [0.717, 1.165) is 68.4 Å². The number of hydrogen-bond acceptors (Lipinski definition) is 7. The zero-order chi connectivity index (χ0) is 23.2. The van der Waals surface area contributed by atoms with Crippen LogP contribution in [0.3, 0.4) is 0 Å². The molecule has 3 heterocycles. The summed E-state index contributed by atoms with van der Waals surface area (Å²) in [7, 11) is 0. The van der Waals surface area contributed by atoms with Crippen molar-refractivity contribution in [3.05, 3.63) is 78.2 Å². The number of nitrogens with one attached hydrogen (secondary N) is 2. The lowest BCUT2D eigenvalue weighted by Gasteiger charge is -2.26. The van der Waals surface area contributed by atoms with Crippen molar-refractivity contribution in [3.63, 3.8) is 0 Å². The quantitative estimate of drug-likeness (QED) is 0.367. The molecule has 0 saturated carbocycles. The molecule has 4 aromatic rings. The summed E-state index contributed by atoms with van der Waals surface area (Å²) in [6.45, 7) is 8.62. The zero-order valence-corrected chi connectivity index (χ0v) is 19.4. The first-order valence-electron chi connectivity index (χ1n) is 11.7. The van der Waals surface area contributed by atoms with Crippen LogP contribution >= 0.6 is 0 Å². The largest absolute Gasteiger partial charge is 0.423 e. The van der Waals surface area contributed by atoms with Gasteiger partial charge in [-0.2, -0.15) is 5.10 Å². The lowest BCUT2D eigenvalue weighted by atomic mass is 10.1. The molecule has 8 nitrogen and oxygen atoms in total. The van der Waals surface area contributed by atoms with Crippen LogP contribution in [0.1, 0.15) is 11.1 Å². The minimum Gasteiger partial charge on any atom is -0.423 e. The van der Waals surface area contributed by atoms with E-state index in [2.05, 4.69) is 50.7 Å². The van der Waals surface area contributed by atoms with E-state index in [9.17, 15) is 0 Å². The van der Waals surface area contributed by atoms with Crippen LogP contribution in [0.25, 0.3) is 17.0 Å². The second-order valence-electron chi connectivity index (χ2n) is 8.43. The Bertz CT molecular complexity index is 1180. The van der Waals surface area contributed by atoms with Crippen molar-refractivity contribution in [1.29, 1.82) is 0 Å². The number of oxazole rings is 1. The first kappa shape index (κ1) is 22.3. The summed E-state index contributed by atoms with van der Waals surface area (Å²) in [5, 5.41) is 11.1. The van der Waals surface area contributed by atoms with Crippen LogP contribution in [0.5, 0.6) is 0 Å². The van der Waals surface area contributed by atoms with Gasteiger partial charge in [0.15, 0.2) is 5.76 Å². The van der Waals surface area contributed by atoms with Gasteiger partial charge in [0.2, 0.25) is 0 Å². The van der Waals surface area contributed by atoms with Crippen molar-refractivity contribution in [2.24, 2.45) is 0 Å². The Balaban J connectivity index is 1.18. The van der Waals surface area contributed by atoms with E-state index in [0.29, 0.717) is 11.8 Å². The number of rotatable bonds is 9. The number of aromatic nitrogens is 3. The molecule has 0 atom stereocenters. The molecule has 0 radical (unpaired) electrons.